The number of nitrogens with one attached hydrogen (secondary N) is 1. The molecular formula is C11H17ClN4S. The predicted octanol–water partition coefficient (Wildman–Crippen LogP) is 2.53. The first kappa shape index (κ1) is 12.9. The Morgan fingerprint density at radius 1 is 1.35 bits per heavy atom. The summed E-state index contributed by atoms with van der Waals surface area (Å²) in [6.07, 6.45) is 6.28. The molecule has 3 N–H and O–H groups in total. The molecule has 0 atom stereocenters. The van der Waals surface area contributed by atoms with E-state index >= 15 is 0 Å². The van der Waals surface area contributed by atoms with Crippen LogP contribution in [0.1, 0.15) is 25.7 Å². The molecule has 17 heavy (non-hydrogen) atoms. The van der Waals surface area contributed by atoms with Crippen LogP contribution in [0.4, 0.5) is 5.82 Å². The molecule has 6 heteroatoms. The van der Waals surface area contributed by atoms with Crippen LogP contribution in [-0.4, -0.2) is 28.3 Å². The van der Waals surface area contributed by atoms with Gasteiger partial charge in [-0.25, -0.2) is 9.97 Å². The van der Waals surface area contributed by atoms with Gasteiger partial charge < -0.3 is 11.1 Å². The van der Waals surface area contributed by atoms with Crippen molar-refractivity contribution in [3.63, 3.8) is 0 Å². The average Bonchev–Trinajstić information content (AvgIpc) is 2.31. The third-order valence-electron chi connectivity index (χ3n) is 2.98. The number of rotatable bonds is 3. The van der Waals surface area contributed by atoms with Gasteiger partial charge in [0.15, 0.2) is 5.16 Å². The zero-order valence-electron chi connectivity index (χ0n) is 9.82. The first-order valence-corrected chi connectivity index (χ1v) is 7.38. The third-order valence-corrected chi connectivity index (χ3v) is 3.72. The van der Waals surface area contributed by atoms with Gasteiger partial charge >= 0.3 is 0 Å². The molecule has 0 amide bonds. The molecule has 4 nitrogen and oxygen atoms in total. The zero-order chi connectivity index (χ0) is 12.3. The second kappa shape index (κ2) is 5.89. The summed E-state index contributed by atoms with van der Waals surface area (Å²) in [5.74, 6) is 0.815. The molecule has 1 fully saturated rings. The normalized spacial score (nSPS) is 24.6. The van der Waals surface area contributed by atoms with Crippen molar-refractivity contribution < 1.29 is 0 Å². The van der Waals surface area contributed by atoms with Gasteiger partial charge in [-0.1, -0.05) is 23.4 Å². The molecule has 94 valence electrons. The molecule has 0 radical (unpaired) electrons. The molecule has 0 spiro atoms. The molecule has 1 saturated carbocycles. The molecule has 1 heterocycles. The second-order valence-electron chi connectivity index (χ2n) is 4.32. The zero-order valence-corrected chi connectivity index (χ0v) is 11.4. The van der Waals surface area contributed by atoms with E-state index in [0.29, 0.717) is 22.4 Å². The van der Waals surface area contributed by atoms with Gasteiger partial charge in [0.25, 0.3) is 0 Å². The van der Waals surface area contributed by atoms with Gasteiger partial charge in [-0.15, -0.1) is 0 Å². The maximum Gasteiger partial charge on any atom is 0.190 e. The molecule has 0 aromatic carbocycles. The summed E-state index contributed by atoms with van der Waals surface area (Å²) in [7, 11) is 0. The Bertz CT molecular complexity index is 380. The average molecular weight is 273 g/mol. The lowest BCUT2D eigenvalue weighted by Gasteiger charge is -2.27. The summed E-state index contributed by atoms with van der Waals surface area (Å²) in [4.78, 5) is 8.50. The molecule has 1 aliphatic rings. The van der Waals surface area contributed by atoms with E-state index in [-0.39, 0.29) is 0 Å². The van der Waals surface area contributed by atoms with Crippen molar-refractivity contribution in [3.05, 3.63) is 11.2 Å². The van der Waals surface area contributed by atoms with Gasteiger partial charge in [0.2, 0.25) is 0 Å². The molecular weight excluding hydrogens is 256 g/mol. The summed E-state index contributed by atoms with van der Waals surface area (Å²) in [5, 5.41) is 4.60. The number of hydrogen-bond donors (Lipinski definition) is 2. The van der Waals surface area contributed by atoms with Crippen LogP contribution in [0, 0.1) is 0 Å². The standard InChI is InChI=1S/C11H17ClN4S/c1-17-11-15-9(12)6-10(16-11)14-8-4-2-7(13)3-5-8/h6-8H,2-5,13H2,1H3,(H,14,15,16). The van der Waals surface area contributed by atoms with Gasteiger partial charge in [-0.3, -0.25) is 0 Å². The van der Waals surface area contributed by atoms with Crippen LogP contribution in [0.5, 0.6) is 0 Å². The number of hydrogen-bond acceptors (Lipinski definition) is 5. The molecule has 1 aliphatic carbocycles. The first-order chi connectivity index (χ1) is 8.17. The van der Waals surface area contributed by atoms with Gasteiger partial charge in [0, 0.05) is 18.2 Å². The molecule has 0 aliphatic heterocycles. The minimum absolute atomic E-state index is 0.365. The Hall–Kier alpha value is -0.520. The second-order valence-corrected chi connectivity index (χ2v) is 5.48. The quantitative estimate of drug-likeness (QED) is 0.503. The third kappa shape index (κ3) is 3.72. The van der Waals surface area contributed by atoms with E-state index < -0.39 is 0 Å². The van der Waals surface area contributed by atoms with Crippen LogP contribution in [0.25, 0.3) is 0 Å². The Kier molecular flexibility index (Phi) is 4.48. The van der Waals surface area contributed by atoms with Crippen molar-refractivity contribution >= 4 is 29.2 Å². The SMILES string of the molecule is CSc1nc(Cl)cc(NC2CCC(N)CC2)n1. The van der Waals surface area contributed by atoms with Crippen molar-refractivity contribution in [1.29, 1.82) is 0 Å². The molecule has 0 saturated heterocycles. The fraction of sp³-hybridized carbons (Fsp3) is 0.636. The Morgan fingerprint density at radius 3 is 2.71 bits per heavy atom. The van der Waals surface area contributed by atoms with Crippen LogP contribution in [-0.2, 0) is 0 Å². The molecule has 2 rings (SSSR count). The van der Waals surface area contributed by atoms with Crippen LogP contribution in [0.15, 0.2) is 11.2 Å². The van der Waals surface area contributed by atoms with Gasteiger partial charge in [-0.2, -0.15) is 0 Å². The molecule has 1 aromatic heterocycles. The summed E-state index contributed by atoms with van der Waals surface area (Å²) in [6.45, 7) is 0. The lowest BCUT2D eigenvalue weighted by molar-refractivity contribution is 0.410. The van der Waals surface area contributed by atoms with Gasteiger partial charge in [0.05, 0.1) is 0 Å². The highest BCUT2D eigenvalue weighted by Crippen LogP contribution is 2.23. The number of aromatic nitrogens is 2. The maximum absolute atomic E-state index is 5.95. The monoisotopic (exact) mass is 272 g/mol. The van der Waals surface area contributed by atoms with Gasteiger partial charge in [0.1, 0.15) is 11.0 Å². The largest absolute Gasteiger partial charge is 0.367 e. The van der Waals surface area contributed by atoms with Crippen LogP contribution < -0.4 is 11.1 Å². The minimum atomic E-state index is 0.365. The molecule has 0 unspecified atom stereocenters. The van der Waals surface area contributed by atoms with E-state index in [1.54, 1.807) is 6.07 Å². The number of nitrogens with two attached hydrogens (primary N) is 1. The highest BCUT2D eigenvalue weighted by molar-refractivity contribution is 7.98. The topological polar surface area (TPSA) is 63.8 Å². The fourth-order valence-corrected chi connectivity index (χ4v) is 2.65. The number of anilines is 1. The van der Waals surface area contributed by atoms with E-state index in [2.05, 4.69) is 15.3 Å². The van der Waals surface area contributed by atoms with Crippen LogP contribution >= 0.6 is 23.4 Å². The number of nitrogens with zero attached hydrogens (tertiary/aromatic N) is 2. The lowest BCUT2D eigenvalue weighted by Crippen LogP contribution is -2.33. The predicted molar refractivity (Wildman–Crippen MR) is 72.7 cm³/mol. The van der Waals surface area contributed by atoms with E-state index in [0.717, 1.165) is 31.5 Å². The maximum atomic E-state index is 5.95. The summed E-state index contributed by atoms with van der Waals surface area (Å²) >= 11 is 7.44. The first-order valence-electron chi connectivity index (χ1n) is 5.78. The number of thioether (sulfide) groups is 1. The van der Waals surface area contributed by atoms with E-state index in [4.69, 9.17) is 17.3 Å². The lowest BCUT2D eigenvalue weighted by atomic mass is 9.92. The highest BCUT2D eigenvalue weighted by atomic mass is 35.5. The Labute approximate surface area is 111 Å². The summed E-state index contributed by atoms with van der Waals surface area (Å²) in [6, 6.07) is 2.59. The Balaban J connectivity index is 2.00. The Morgan fingerprint density at radius 2 is 2.06 bits per heavy atom. The van der Waals surface area contributed by atoms with Crippen molar-refractivity contribution in [3.8, 4) is 0 Å². The van der Waals surface area contributed by atoms with Crippen LogP contribution in [0.2, 0.25) is 5.15 Å². The van der Waals surface area contributed by atoms with Gasteiger partial charge in [-0.05, 0) is 31.9 Å². The van der Waals surface area contributed by atoms with Crippen molar-refractivity contribution in [2.75, 3.05) is 11.6 Å². The smallest absolute Gasteiger partial charge is 0.190 e. The van der Waals surface area contributed by atoms with E-state index in [9.17, 15) is 0 Å². The summed E-state index contributed by atoms with van der Waals surface area (Å²) < 4.78 is 0. The number of halogens is 1. The van der Waals surface area contributed by atoms with Crippen molar-refractivity contribution in [1.82, 2.24) is 9.97 Å². The highest BCUT2D eigenvalue weighted by Gasteiger charge is 2.18. The summed E-state index contributed by atoms with van der Waals surface area (Å²) in [5.41, 5.74) is 5.88. The molecule has 0 bridgehead atoms. The van der Waals surface area contributed by atoms with Crippen molar-refractivity contribution in [2.24, 2.45) is 5.73 Å². The van der Waals surface area contributed by atoms with Crippen LogP contribution in [0.3, 0.4) is 0 Å². The van der Waals surface area contributed by atoms with E-state index in [1.165, 1.54) is 11.8 Å². The molecule has 1 aromatic rings. The minimum Gasteiger partial charge on any atom is -0.367 e. The fourth-order valence-electron chi connectivity index (χ4n) is 2.03. The van der Waals surface area contributed by atoms with E-state index in [1.807, 2.05) is 6.26 Å². The van der Waals surface area contributed by atoms with Crippen molar-refractivity contribution in [2.45, 2.75) is 42.9 Å².